The Morgan fingerprint density at radius 1 is 1.56 bits per heavy atom. The Kier molecular flexibility index (Phi) is 3.57. The van der Waals surface area contributed by atoms with E-state index in [9.17, 15) is 9.59 Å². The fourth-order valence-corrected chi connectivity index (χ4v) is 2.01. The first kappa shape index (κ1) is 12.5. The first-order valence-corrected chi connectivity index (χ1v) is 6.23. The van der Waals surface area contributed by atoms with Crippen LogP contribution >= 0.6 is 11.3 Å². The van der Waals surface area contributed by atoms with Gasteiger partial charge in [0.1, 0.15) is 5.01 Å². The van der Waals surface area contributed by atoms with Crippen LogP contribution in [0.4, 0.5) is 0 Å². The Bertz CT molecular complexity index is 604. The van der Waals surface area contributed by atoms with Gasteiger partial charge in [0.2, 0.25) is 0 Å². The molecule has 0 saturated heterocycles. The van der Waals surface area contributed by atoms with Gasteiger partial charge >= 0.3 is 5.97 Å². The van der Waals surface area contributed by atoms with E-state index in [1.54, 1.807) is 26.2 Å². The van der Waals surface area contributed by atoms with Crippen LogP contribution in [0.15, 0.2) is 34.7 Å². The molecule has 6 heteroatoms. The number of aromatic nitrogens is 2. The summed E-state index contributed by atoms with van der Waals surface area (Å²) in [6.45, 7) is 1.75. The summed E-state index contributed by atoms with van der Waals surface area (Å²) in [5.41, 5.74) is 0.00728. The number of carbonyl (C=O) groups excluding carboxylic acids is 1. The summed E-state index contributed by atoms with van der Waals surface area (Å²) in [5.74, 6) is -0.518. The zero-order valence-electron chi connectivity index (χ0n) is 9.99. The zero-order valence-corrected chi connectivity index (χ0v) is 10.8. The van der Waals surface area contributed by atoms with Crippen molar-refractivity contribution >= 4 is 17.3 Å². The van der Waals surface area contributed by atoms with E-state index in [0.717, 1.165) is 5.01 Å². The lowest BCUT2D eigenvalue weighted by atomic mass is 10.2. The van der Waals surface area contributed by atoms with Crippen LogP contribution in [0.1, 0.15) is 28.4 Å². The molecule has 0 radical (unpaired) electrons. The first-order valence-electron chi connectivity index (χ1n) is 5.35. The molecule has 1 atom stereocenters. The van der Waals surface area contributed by atoms with Gasteiger partial charge in [0.25, 0.3) is 5.56 Å². The number of nitrogens with zero attached hydrogens (tertiary/aromatic N) is 2. The standard InChI is InChI=1S/C12H12N2O3S/c1-8(11-13-4-6-18-11)17-12(16)9-3-5-14(2)10(15)7-9/h3-8H,1-2H3. The number of aryl methyl sites for hydroxylation is 1. The van der Waals surface area contributed by atoms with Crippen molar-refractivity contribution in [3.8, 4) is 0 Å². The van der Waals surface area contributed by atoms with Gasteiger partial charge in [0.15, 0.2) is 6.10 Å². The van der Waals surface area contributed by atoms with Crippen LogP contribution in [-0.2, 0) is 11.8 Å². The van der Waals surface area contributed by atoms with E-state index in [-0.39, 0.29) is 11.1 Å². The maximum atomic E-state index is 11.8. The highest BCUT2D eigenvalue weighted by Gasteiger charge is 2.15. The average Bonchev–Trinajstić information content (AvgIpc) is 2.86. The molecule has 2 aromatic rings. The second-order valence-electron chi connectivity index (χ2n) is 3.78. The van der Waals surface area contributed by atoms with Crippen molar-refractivity contribution < 1.29 is 9.53 Å². The Labute approximate surface area is 108 Å². The largest absolute Gasteiger partial charge is 0.452 e. The monoisotopic (exact) mass is 264 g/mol. The van der Waals surface area contributed by atoms with Gasteiger partial charge in [0, 0.05) is 30.9 Å². The Morgan fingerprint density at radius 2 is 2.33 bits per heavy atom. The Hall–Kier alpha value is -1.95. The minimum absolute atomic E-state index is 0.244. The van der Waals surface area contributed by atoms with Crippen molar-refractivity contribution in [2.45, 2.75) is 13.0 Å². The zero-order chi connectivity index (χ0) is 13.1. The van der Waals surface area contributed by atoms with Gasteiger partial charge in [-0.2, -0.15) is 0 Å². The van der Waals surface area contributed by atoms with Crippen LogP contribution in [0, 0.1) is 0 Å². The van der Waals surface area contributed by atoms with Crippen molar-refractivity contribution in [1.82, 2.24) is 9.55 Å². The number of rotatable bonds is 3. The van der Waals surface area contributed by atoms with Gasteiger partial charge in [0.05, 0.1) is 5.56 Å². The van der Waals surface area contributed by atoms with Crippen LogP contribution in [0.5, 0.6) is 0 Å². The number of carbonyl (C=O) groups is 1. The lowest BCUT2D eigenvalue weighted by Crippen LogP contribution is -2.18. The first-order chi connectivity index (χ1) is 8.58. The van der Waals surface area contributed by atoms with E-state index in [1.165, 1.54) is 28.2 Å². The fraction of sp³-hybridized carbons (Fsp3) is 0.250. The summed E-state index contributed by atoms with van der Waals surface area (Å²) in [6, 6.07) is 2.81. The van der Waals surface area contributed by atoms with Gasteiger partial charge in [-0.3, -0.25) is 4.79 Å². The summed E-state index contributed by atoms with van der Waals surface area (Å²) in [6.07, 6.45) is 2.77. The van der Waals surface area contributed by atoms with Gasteiger partial charge in [-0.15, -0.1) is 11.3 Å². The fourth-order valence-electron chi connectivity index (χ4n) is 1.39. The third-order valence-electron chi connectivity index (χ3n) is 2.42. The highest BCUT2D eigenvalue weighted by Crippen LogP contribution is 2.19. The number of ether oxygens (including phenoxy) is 1. The second-order valence-corrected chi connectivity index (χ2v) is 4.71. The molecule has 2 heterocycles. The van der Waals surface area contributed by atoms with Crippen LogP contribution in [0.2, 0.25) is 0 Å². The molecule has 1 unspecified atom stereocenters. The molecule has 0 aliphatic heterocycles. The van der Waals surface area contributed by atoms with Crippen LogP contribution in [-0.4, -0.2) is 15.5 Å². The van der Waals surface area contributed by atoms with Crippen LogP contribution < -0.4 is 5.56 Å². The minimum atomic E-state index is -0.518. The van der Waals surface area contributed by atoms with Crippen molar-refractivity contribution in [1.29, 1.82) is 0 Å². The van der Waals surface area contributed by atoms with Gasteiger partial charge < -0.3 is 9.30 Å². The average molecular weight is 264 g/mol. The minimum Gasteiger partial charge on any atom is -0.452 e. The molecule has 2 aromatic heterocycles. The number of hydrogen-bond acceptors (Lipinski definition) is 5. The van der Waals surface area contributed by atoms with E-state index in [1.807, 2.05) is 5.38 Å². The molecule has 0 fully saturated rings. The molecule has 0 N–H and O–H groups in total. The Morgan fingerprint density at radius 3 is 2.94 bits per heavy atom. The molecule has 0 aromatic carbocycles. The van der Waals surface area contributed by atoms with E-state index in [0.29, 0.717) is 0 Å². The lowest BCUT2D eigenvalue weighted by Gasteiger charge is -2.10. The predicted octanol–water partition coefficient (Wildman–Crippen LogP) is 1.76. The number of hydrogen-bond donors (Lipinski definition) is 0. The van der Waals surface area contributed by atoms with Crippen molar-refractivity contribution in [3.63, 3.8) is 0 Å². The highest BCUT2D eigenvalue weighted by atomic mass is 32.1. The summed E-state index contributed by atoms with van der Waals surface area (Å²) in [7, 11) is 1.62. The van der Waals surface area contributed by atoms with Crippen molar-refractivity contribution in [2.75, 3.05) is 0 Å². The smallest absolute Gasteiger partial charge is 0.339 e. The van der Waals surface area contributed by atoms with Gasteiger partial charge in [-0.1, -0.05) is 0 Å². The van der Waals surface area contributed by atoms with Crippen molar-refractivity contribution in [2.24, 2.45) is 7.05 Å². The molecule has 5 nitrogen and oxygen atoms in total. The molecular formula is C12H12N2O3S. The molecule has 2 rings (SSSR count). The second kappa shape index (κ2) is 5.14. The maximum absolute atomic E-state index is 11.8. The quantitative estimate of drug-likeness (QED) is 0.792. The van der Waals surface area contributed by atoms with E-state index in [2.05, 4.69) is 4.98 Å². The predicted molar refractivity (Wildman–Crippen MR) is 67.6 cm³/mol. The van der Waals surface area contributed by atoms with Crippen LogP contribution in [0.25, 0.3) is 0 Å². The summed E-state index contributed by atoms with van der Waals surface area (Å²) < 4.78 is 6.63. The molecule has 0 amide bonds. The Balaban J connectivity index is 2.12. The van der Waals surface area contributed by atoms with E-state index >= 15 is 0 Å². The topological polar surface area (TPSA) is 61.2 Å². The highest BCUT2D eigenvalue weighted by molar-refractivity contribution is 7.09. The summed E-state index contributed by atoms with van der Waals surface area (Å²) in [5, 5.41) is 2.55. The molecule has 0 aliphatic carbocycles. The number of thiazole rings is 1. The molecule has 0 spiro atoms. The normalized spacial score (nSPS) is 12.1. The molecule has 0 aliphatic rings. The molecule has 0 saturated carbocycles. The van der Waals surface area contributed by atoms with Gasteiger partial charge in [-0.25, -0.2) is 9.78 Å². The summed E-state index contributed by atoms with van der Waals surface area (Å²) >= 11 is 1.42. The lowest BCUT2D eigenvalue weighted by molar-refractivity contribution is 0.0337. The number of pyridine rings is 1. The third kappa shape index (κ3) is 2.65. The number of esters is 1. The molecule has 0 bridgehead atoms. The van der Waals surface area contributed by atoms with Crippen molar-refractivity contribution in [3.05, 3.63) is 50.8 Å². The summed E-state index contributed by atoms with van der Waals surface area (Å²) in [4.78, 5) is 27.3. The molecule has 18 heavy (non-hydrogen) atoms. The third-order valence-corrected chi connectivity index (χ3v) is 3.36. The van der Waals surface area contributed by atoms with E-state index in [4.69, 9.17) is 4.74 Å². The van der Waals surface area contributed by atoms with Gasteiger partial charge in [-0.05, 0) is 13.0 Å². The SMILES string of the molecule is CC(OC(=O)c1ccn(C)c(=O)c1)c1nccs1. The molecule has 94 valence electrons. The maximum Gasteiger partial charge on any atom is 0.339 e. The van der Waals surface area contributed by atoms with E-state index < -0.39 is 12.1 Å². The molecular weight excluding hydrogens is 252 g/mol. The van der Waals surface area contributed by atoms with Crippen LogP contribution in [0.3, 0.4) is 0 Å².